The van der Waals surface area contributed by atoms with Crippen LogP contribution in [0.5, 0.6) is 0 Å². The molecule has 2 fully saturated rings. The third-order valence-corrected chi connectivity index (χ3v) is 5.18. The molecular formula is C12H20O. The summed E-state index contributed by atoms with van der Waals surface area (Å²) in [7, 11) is 0. The summed E-state index contributed by atoms with van der Waals surface area (Å²) in [5.74, 6) is 1.10. The summed E-state index contributed by atoms with van der Waals surface area (Å²) >= 11 is 0. The van der Waals surface area contributed by atoms with E-state index in [1.165, 1.54) is 6.42 Å². The lowest BCUT2D eigenvalue weighted by Crippen LogP contribution is -2.36. The van der Waals surface area contributed by atoms with Gasteiger partial charge in [0.15, 0.2) is 0 Å². The topological polar surface area (TPSA) is 17.1 Å². The second-order valence-electron chi connectivity index (χ2n) is 6.20. The zero-order valence-electron chi connectivity index (χ0n) is 9.40. The molecule has 0 aromatic heterocycles. The van der Waals surface area contributed by atoms with Gasteiger partial charge in [0.1, 0.15) is 5.78 Å². The molecule has 2 bridgehead atoms. The highest BCUT2D eigenvalue weighted by molar-refractivity contribution is 5.94. The summed E-state index contributed by atoms with van der Waals surface area (Å²) in [4.78, 5) is 12.2. The van der Waals surface area contributed by atoms with E-state index < -0.39 is 0 Å². The van der Waals surface area contributed by atoms with Gasteiger partial charge in [-0.3, -0.25) is 4.79 Å². The van der Waals surface area contributed by atoms with Crippen LogP contribution in [0.1, 0.15) is 47.5 Å². The monoisotopic (exact) mass is 180 g/mol. The van der Waals surface area contributed by atoms with E-state index in [2.05, 4.69) is 34.6 Å². The maximum Gasteiger partial charge on any atom is 0.145 e. The molecule has 0 amide bonds. The Morgan fingerprint density at radius 3 is 1.92 bits per heavy atom. The molecule has 13 heavy (non-hydrogen) atoms. The van der Waals surface area contributed by atoms with E-state index in [4.69, 9.17) is 0 Å². The van der Waals surface area contributed by atoms with Crippen LogP contribution >= 0.6 is 0 Å². The summed E-state index contributed by atoms with van der Waals surface area (Å²) in [5.41, 5.74) is 0.102. The average Bonchev–Trinajstić information content (AvgIpc) is 2.26. The minimum absolute atomic E-state index is 0.0405. The number of fused-ring (bicyclic) bond motifs is 2. The molecule has 2 atom stereocenters. The maximum atomic E-state index is 12.2. The van der Waals surface area contributed by atoms with Crippen LogP contribution in [0.2, 0.25) is 0 Å². The Balaban J connectivity index is 2.58. The first kappa shape index (κ1) is 9.23. The van der Waals surface area contributed by atoms with Crippen LogP contribution in [0.15, 0.2) is 0 Å². The molecule has 0 spiro atoms. The van der Waals surface area contributed by atoms with E-state index in [0.29, 0.717) is 11.7 Å². The van der Waals surface area contributed by atoms with Crippen molar-refractivity contribution in [1.82, 2.24) is 0 Å². The van der Waals surface area contributed by atoms with Gasteiger partial charge in [-0.2, -0.15) is 0 Å². The molecule has 0 saturated heterocycles. The number of rotatable bonds is 0. The van der Waals surface area contributed by atoms with Crippen LogP contribution in [0.4, 0.5) is 0 Å². The van der Waals surface area contributed by atoms with Crippen molar-refractivity contribution in [3.8, 4) is 0 Å². The summed E-state index contributed by atoms with van der Waals surface area (Å²) < 4.78 is 0. The van der Waals surface area contributed by atoms with E-state index in [1.54, 1.807) is 0 Å². The number of hydrogen-bond donors (Lipinski definition) is 0. The molecule has 2 aliphatic rings. The third kappa shape index (κ3) is 0.730. The van der Waals surface area contributed by atoms with E-state index in [9.17, 15) is 4.79 Å². The highest BCUT2D eigenvalue weighted by Gasteiger charge is 2.69. The van der Waals surface area contributed by atoms with Crippen LogP contribution in [-0.2, 0) is 4.79 Å². The van der Waals surface area contributed by atoms with Gasteiger partial charge in [-0.15, -0.1) is 0 Å². The molecule has 2 unspecified atom stereocenters. The Morgan fingerprint density at radius 2 is 1.69 bits per heavy atom. The maximum absolute atomic E-state index is 12.2. The van der Waals surface area contributed by atoms with Crippen molar-refractivity contribution >= 4 is 5.78 Å². The molecule has 0 radical (unpaired) electrons. The van der Waals surface area contributed by atoms with Gasteiger partial charge in [-0.25, -0.2) is 0 Å². The highest BCUT2D eigenvalue weighted by Crippen LogP contribution is 2.69. The second-order valence-corrected chi connectivity index (χ2v) is 6.20. The summed E-state index contributed by atoms with van der Waals surface area (Å²) in [6.07, 6.45) is 2.34. The summed E-state index contributed by atoms with van der Waals surface area (Å²) in [6, 6.07) is 0. The fourth-order valence-corrected chi connectivity index (χ4v) is 4.04. The third-order valence-electron chi connectivity index (χ3n) is 5.18. The molecule has 2 aliphatic carbocycles. The van der Waals surface area contributed by atoms with E-state index in [0.717, 1.165) is 6.42 Å². The number of carbonyl (C=O) groups is 1. The van der Waals surface area contributed by atoms with Crippen LogP contribution < -0.4 is 0 Å². The molecule has 1 nitrogen and oxygen atoms in total. The van der Waals surface area contributed by atoms with E-state index in [1.807, 2.05) is 0 Å². The predicted octanol–water partition coefficient (Wildman–Crippen LogP) is 3.04. The molecule has 0 aliphatic heterocycles. The standard InChI is InChI=1S/C12H20O/c1-10(2)8-6-7-12(5,9(10)13)11(8,3)4/h8H,6-7H2,1-5H3. The zero-order valence-corrected chi connectivity index (χ0v) is 9.40. The average molecular weight is 180 g/mol. The van der Waals surface area contributed by atoms with Gasteiger partial charge in [0.2, 0.25) is 0 Å². The van der Waals surface area contributed by atoms with Gasteiger partial charge >= 0.3 is 0 Å². The molecule has 74 valence electrons. The molecule has 1 heteroatoms. The lowest BCUT2D eigenvalue weighted by atomic mass is 9.70. The van der Waals surface area contributed by atoms with Crippen molar-refractivity contribution in [2.24, 2.45) is 22.2 Å². The fourth-order valence-electron chi connectivity index (χ4n) is 4.04. The SMILES string of the molecule is CC1(C)C(=O)C2(C)CCC1C2(C)C. The number of Topliss-reactive ketones (excluding diaryl/α,β-unsaturated/α-hetero) is 1. The van der Waals surface area contributed by atoms with Crippen LogP contribution in [0.25, 0.3) is 0 Å². The first-order valence-corrected chi connectivity index (χ1v) is 5.29. The Labute approximate surface area is 80.9 Å². The smallest absolute Gasteiger partial charge is 0.145 e. The lowest BCUT2D eigenvalue weighted by molar-refractivity contribution is -0.135. The predicted molar refractivity (Wildman–Crippen MR) is 53.4 cm³/mol. The minimum Gasteiger partial charge on any atom is -0.298 e. The molecule has 0 N–H and O–H groups in total. The van der Waals surface area contributed by atoms with Gasteiger partial charge in [0.25, 0.3) is 0 Å². The van der Waals surface area contributed by atoms with Crippen molar-refractivity contribution in [2.45, 2.75) is 47.5 Å². The highest BCUT2D eigenvalue weighted by atomic mass is 16.1. The van der Waals surface area contributed by atoms with Gasteiger partial charge in [-0.05, 0) is 24.2 Å². The normalized spacial score (nSPS) is 45.6. The molecular weight excluding hydrogens is 160 g/mol. The van der Waals surface area contributed by atoms with Gasteiger partial charge in [0.05, 0.1) is 0 Å². The van der Waals surface area contributed by atoms with Crippen molar-refractivity contribution in [2.75, 3.05) is 0 Å². The van der Waals surface area contributed by atoms with Crippen molar-refractivity contribution < 1.29 is 4.79 Å². The first-order chi connectivity index (χ1) is 5.74. The largest absolute Gasteiger partial charge is 0.298 e. The van der Waals surface area contributed by atoms with Crippen molar-refractivity contribution in [3.05, 3.63) is 0 Å². The van der Waals surface area contributed by atoms with Crippen LogP contribution in [0.3, 0.4) is 0 Å². The fraction of sp³-hybridized carbons (Fsp3) is 0.917. The lowest BCUT2D eigenvalue weighted by Gasteiger charge is -2.32. The van der Waals surface area contributed by atoms with Crippen molar-refractivity contribution in [3.63, 3.8) is 0 Å². The summed E-state index contributed by atoms with van der Waals surface area (Å²) in [6.45, 7) is 11.0. The van der Waals surface area contributed by atoms with E-state index in [-0.39, 0.29) is 16.2 Å². The molecule has 2 saturated carbocycles. The van der Waals surface area contributed by atoms with Gasteiger partial charge in [-0.1, -0.05) is 34.6 Å². The molecule has 0 heterocycles. The Kier molecular flexibility index (Phi) is 1.43. The van der Waals surface area contributed by atoms with Crippen LogP contribution in [-0.4, -0.2) is 5.78 Å². The van der Waals surface area contributed by atoms with Crippen LogP contribution in [0, 0.1) is 22.2 Å². The second kappa shape index (κ2) is 2.02. The minimum atomic E-state index is -0.0729. The molecule has 2 rings (SSSR count). The number of ketones is 1. The van der Waals surface area contributed by atoms with Gasteiger partial charge < -0.3 is 0 Å². The summed E-state index contributed by atoms with van der Waals surface area (Å²) in [5, 5.41) is 0. The Morgan fingerprint density at radius 1 is 1.15 bits per heavy atom. The quantitative estimate of drug-likeness (QED) is 0.560. The number of carbonyl (C=O) groups excluding carboxylic acids is 1. The zero-order chi connectivity index (χ0) is 10.1. The number of hydrogen-bond acceptors (Lipinski definition) is 1. The Hall–Kier alpha value is -0.330. The Bertz CT molecular complexity index is 275. The molecule has 0 aromatic rings. The van der Waals surface area contributed by atoms with Gasteiger partial charge in [0, 0.05) is 10.8 Å². The molecule has 0 aromatic carbocycles. The van der Waals surface area contributed by atoms with E-state index >= 15 is 0 Å². The first-order valence-electron chi connectivity index (χ1n) is 5.29. The van der Waals surface area contributed by atoms with Crippen molar-refractivity contribution in [1.29, 1.82) is 0 Å².